The van der Waals surface area contributed by atoms with Crippen molar-refractivity contribution in [2.75, 3.05) is 0 Å². The van der Waals surface area contributed by atoms with Crippen LogP contribution in [-0.4, -0.2) is 22.8 Å². The number of hydrogen-bond donors (Lipinski definition) is 1. The summed E-state index contributed by atoms with van der Waals surface area (Å²) in [5.74, 6) is -0.359. The van der Waals surface area contributed by atoms with Crippen LogP contribution in [0.2, 0.25) is 0 Å². The van der Waals surface area contributed by atoms with Gasteiger partial charge in [-0.05, 0) is 20.3 Å². The van der Waals surface area contributed by atoms with E-state index in [0.29, 0.717) is 6.42 Å². The summed E-state index contributed by atoms with van der Waals surface area (Å²) in [5, 5.41) is 9.36. The first kappa shape index (κ1) is 10.4. The molecule has 1 unspecified atom stereocenters. The van der Waals surface area contributed by atoms with E-state index in [1.807, 2.05) is 6.92 Å². The molecule has 0 saturated carbocycles. The van der Waals surface area contributed by atoms with E-state index in [-0.39, 0.29) is 5.97 Å². The number of hydrogen-bond acceptors (Lipinski definition) is 3. The van der Waals surface area contributed by atoms with Crippen molar-refractivity contribution in [3.8, 4) is 0 Å². The van der Waals surface area contributed by atoms with Crippen molar-refractivity contribution in [1.29, 1.82) is 0 Å². The van der Waals surface area contributed by atoms with Crippen molar-refractivity contribution in [3.05, 3.63) is 0 Å². The Bertz CT molecular complexity index is 140. The zero-order chi connectivity index (χ0) is 9.07. The van der Waals surface area contributed by atoms with E-state index in [1.54, 1.807) is 13.8 Å². The molecule has 0 aliphatic heterocycles. The zero-order valence-electron chi connectivity index (χ0n) is 7.55. The van der Waals surface area contributed by atoms with Crippen LogP contribution in [0.4, 0.5) is 0 Å². The third-order valence-electron chi connectivity index (χ3n) is 1.60. The molecule has 3 nitrogen and oxygen atoms in total. The normalized spacial score (nSPS) is 14.3. The molecule has 0 rings (SSSR count). The van der Waals surface area contributed by atoms with Crippen LogP contribution in [0.1, 0.15) is 34.1 Å². The first-order valence-corrected chi connectivity index (χ1v) is 3.77. The summed E-state index contributed by atoms with van der Waals surface area (Å²) < 4.78 is 4.90. The molecule has 0 aliphatic carbocycles. The number of esters is 1. The van der Waals surface area contributed by atoms with Crippen LogP contribution in [-0.2, 0) is 9.53 Å². The van der Waals surface area contributed by atoms with E-state index in [2.05, 4.69) is 0 Å². The third kappa shape index (κ3) is 3.37. The highest BCUT2D eigenvalue weighted by Gasteiger charge is 2.29. The highest BCUT2D eigenvalue weighted by Crippen LogP contribution is 2.17. The molecule has 0 radical (unpaired) electrons. The molecule has 3 heteroatoms. The van der Waals surface area contributed by atoms with Gasteiger partial charge >= 0.3 is 5.97 Å². The summed E-state index contributed by atoms with van der Waals surface area (Å²) in [7, 11) is 0. The first-order chi connectivity index (χ1) is 4.90. The number of aliphatic hydroxyl groups is 1. The fourth-order valence-corrected chi connectivity index (χ4v) is 0.930. The highest BCUT2D eigenvalue weighted by molar-refractivity contribution is 5.66. The smallest absolute Gasteiger partial charge is 0.303 e. The predicted molar refractivity (Wildman–Crippen MR) is 42.1 cm³/mol. The highest BCUT2D eigenvalue weighted by atomic mass is 16.6. The Labute approximate surface area is 67.4 Å². The van der Waals surface area contributed by atoms with Crippen LogP contribution < -0.4 is 0 Å². The molecular formula is C8H16O3. The van der Waals surface area contributed by atoms with Gasteiger partial charge in [0.1, 0.15) is 5.60 Å². The molecule has 0 fully saturated rings. The second-order valence-corrected chi connectivity index (χ2v) is 3.12. The van der Waals surface area contributed by atoms with Gasteiger partial charge in [0.2, 0.25) is 0 Å². The van der Waals surface area contributed by atoms with Gasteiger partial charge in [-0.3, -0.25) is 4.79 Å². The van der Waals surface area contributed by atoms with Gasteiger partial charge in [0, 0.05) is 6.92 Å². The minimum absolute atomic E-state index is 0.359. The summed E-state index contributed by atoms with van der Waals surface area (Å²) in [6.07, 6.45) is -0.00769. The van der Waals surface area contributed by atoms with E-state index >= 15 is 0 Å². The van der Waals surface area contributed by atoms with E-state index < -0.39 is 11.7 Å². The Balaban J connectivity index is 4.08. The van der Waals surface area contributed by atoms with Crippen LogP contribution in [0.15, 0.2) is 0 Å². The molecule has 1 atom stereocenters. The Morgan fingerprint density at radius 1 is 1.64 bits per heavy atom. The van der Waals surface area contributed by atoms with Crippen molar-refractivity contribution in [1.82, 2.24) is 0 Å². The number of rotatable bonds is 3. The second kappa shape index (κ2) is 3.72. The molecular weight excluding hydrogens is 144 g/mol. The van der Waals surface area contributed by atoms with E-state index in [1.165, 1.54) is 6.92 Å². The summed E-state index contributed by atoms with van der Waals surface area (Å²) in [6.45, 7) is 6.57. The van der Waals surface area contributed by atoms with Crippen LogP contribution in [0, 0.1) is 0 Å². The Kier molecular flexibility index (Phi) is 3.52. The lowest BCUT2D eigenvalue weighted by atomic mass is 9.99. The van der Waals surface area contributed by atoms with E-state index in [9.17, 15) is 9.90 Å². The first-order valence-electron chi connectivity index (χ1n) is 3.77. The molecule has 0 heterocycles. The van der Waals surface area contributed by atoms with Crippen LogP contribution in [0.3, 0.4) is 0 Å². The van der Waals surface area contributed by atoms with Gasteiger partial charge < -0.3 is 9.84 Å². The van der Waals surface area contributed by atoms with Gasteiger partial charge in [-0.25, -0.2) is 0 Å². The molecule has 0 aromatic carbocycles. The van der Waals surface area contributed by atoms with Gasteiger partial charge in [-0.1, -0.05) is 6.92 Å². The van der Waals surface area contributed by atoms with Crippen LogP contribution >= 0.6 is 0 Å². The van der Waals surface area contributed by atoms with Gasteiger partial charge in [-0.15, -0.1) is 0 Å². The summed E-state index contributed by atoms with van der Waals surface area (Å²) in [6, 6.07) is 0. The van der Waals surface area contributed by atoms with E-state index in [4.69, 9.17) is 4.74 Å². The molecule has 0 spiro atoms. The quantitative estimate of drug-likeness (QED) is 0.629. The van der Waals surface area contributed by atoms with Crippen molar-refractivity contribution in [2.45, 2.75) is 45.8 Å². The van der Waals surface area contributed by atoms with Crippen molar-refractivity contribution >= 4 is 5.97 Å². The SMILES string of the molecule is CCC(O)C(C)(C)OC(C)=O. The minimum atomic E-state index is -0.763. The lowest BCUT2D eigenvalue weighted by Gasteiger charge is -2.28. The lowest BCUT2D eigenvalue weighted by Crippen LogP contribution is -2.39. The van der Waals surface area contributed by atoms with Gasteiger partial charge in [0.25, 0.3) is 0 Å². The fourth-order valence-electron chi connectivity index (χ4n) is 0.930. The van der Waals surface area contributed by atoms with Crippen molar-refractivity contribution in [3.63, 3.8) is 0 Å². The average Bonchev–Trinajstić information content (AvgIpc) is 1.83. The second-order valence-electron chi connectivity index (χ2n) is 3.12. The third-order valence-corrected chi connectivity index (χ3v) is 1.60. The number of carbonyl (C=O) groups is 1. The largest absolute Gasteiger partial charge is 0.457 e. The Morgan fingerprint density at radius 2 is 2.09 bits per heavy atom. The van der Waals surface area contributed by atoms with Crippen LogP contribution in [0.25, 0.3) is 0 Å². The summed E-state index contributed by atoms with van der Waals surface area (Å²) in [4.78, 5) is 10.5. The van der Waals surface area contributed by atoms with Gasteiger partial charge in [0.05, 0.1) is 6.10 Å². The Hall–Kier alpha value is -0.570. The zero-order valence-corrected chi connectivity index (χ0v) is 7.55. The van der Waals surface area contributed by atoms with E-state index in [0.717, 1.165) is 0 Å². The number of aliphatic hydroxyl groups excluding tert-OH is 1. The monoisotopic (exact) mass is 160 g/mol. The van der Waals surface area contributed by atoms with Crippen LogP contribution in [0.5, 0.6) is 0 Å². The standard InChI is InChI=1S/C8H16O3/c1-5-7(10)8(3,4)11-6(2)9/h7,10H,5H2,1-4H3. The molecule has 66 valence electrons. The maximum atomic E-state index is 10.5. The fraction of sp³-hybridized carbons (Fsp3) is 0.875. The molecule has 0 aromatic rings. The maximum absolute atomic E-state index is 10.5. The van der Waals surface area contributed by atoms with Crippen molar-refractivity contribution < 1.29 is 14.6 Å². The molecule has 0 bridgehead atoms. The molecule has 0 aliphatic rings. The molecule has 0 aromatic heterocycles. The predicted octanol–water partition coefficient (Wildman–Crippen LogP) is 1.10. The molecule has 0 amide bonds. The topological polar surface area (TPSA) is 46.5 Å². The molecule has 0 saturated heterocycles. The van der Waals surface area contributed by atoms with Gasteiger partial charge in [0.15, 0.2) is 0 Å². The summed E-state index contributed by atoms with van der Waals surface area (Å²) >= 11 is 0. The number of ether oxygens (including phenoxy) is 1. The van der Waals surface area contributed by atoms with Gasteiger partial charge in [-0.2, -0.15) is 0 Å². The van der Waals surface area contributed by atoms with Crippen molar-refractivity contribution in [2.24, 2.45) is 0 Å². The lowest BCUT2D eigenvalue weighted by molar-refractivity contribution is -0.165. The average molecular weight is 160 g/mol. The summed E-state index contributed by atoms with van der Waals surface area (Å²) in [5.41, 5.74) is -0.763. The minimum Gasteiger partial charge on any atom is -0.457 e. The molecule has 1 N–H and O–H groups in total. The number of carbonyl (C=O) groups excluding carboxylic acids is 1. The maximum Gasteiger partial charge on any atom is 0.303 e. The Morgan fingerprint density at radius 3 is 2.36 bits per heavy atom. The molecule has 11 heavy (non-hydrogen) atoms.